The minimum atomic E-state index is -0.852. The van der Waals surface area contributed by atoms with Crippen LogP contribution in [0.15, 0.2) is 59.5 Å². The molecule has 0 heterocycles. The predicted molar refractivity (Wildman–Crippen MR) is 88.1 cm³/mol. The van der Waals surface area contributed by atoms with Gasteiger partial charge in [-0.1, -0.05) is 36.3 Å². The molecule has 0 fully saturated rings. The van der Waals surface area contributed by atoms with E-state index in [2.05, 4.69) is 11.8 Å². The molecule has 0 spiro atoms. The number of thioether (sulfide) groups is 1. The lowest BCUT2D eigenvalue weighted by molar-refractivity contribution is -0.136. The molecule has 2 rings (SSSR count). The van der Waals surface area contributed by atoms with E-state index in [9.17, 15) is 9.90 Å². The zero-order chi connectivity index (χ0) is 15.8. The van der Waals surface area contributed by atoms with E-state index in [1.807, 2.05) is 54.6 Å². The van der Waals surface area contributed by atoms with Crippen LogP contribution in [0.4, 0.5) is 0 Å². The second kappa shape index (κ2) is 8.16. The number of rotatable bonds is 6. The first-order valence-corrected chi connectivity index (χ1v) is 7.65. The fourth-order valence-electron chi connectivity index (χ4n) is 1.83. The number of hydrogen-bond acceptors (Lipinski definition) is 3. The van der Waals surface area contributed by atoms with Crippen LogP contribution in [0.3, 0.4) is 0 Å². The summed E-state index contributed by atoms with van der Waals surface area (Å²) < 4.78 is 5.44. The summed E-state index contributed by atoms with van der Waals surface area (Å²) in [5.74, 6) is 5.46. The molecule has 0 bridgehead atoms. The number of ether oxygens (including phenoxy) is 1. The monoisotopic (exact) mass is 312 g/mol. The van der Waals surface area contributed by atoms with Crippen molar-refractivity contribution in [3.8, 4) is 17.6 Å². The summed E-state index contributed by atoms with van der Waals surface area (Å²) in [5.41, 5.74) is 0.776. The predicted octanol–water partition coefficient (Wildman–Crippen LogP) is 4.01. The van der Waals surface area contributed by atoms with Crippen molar-refractivity contribution in [3.63, 3.8) is 0 Å². The van der Waals surface area contributed by atoms with Crippen LogP contribution in [0, 0.1) is 11.8 Å². The van der Waals surface area contributed by atoms with Crippen molar-refractivity contribution < 1.29 is 14.6 Å². The molecular formula is C18H16O3S. The molecule has 0 aliphatic carbocycles. The molecule has 0 radical (unpaired) electrons. The second-order valence-electron chi connectivity index (χ2n) is 4.43. The Labute approximate surface area is 134 Å². The number of carbonyl (C=O) groups is 1. The molecule has 2 aromatic rings. The van der Waals surface area contributed by atoms with Gasteiger partial charge in [0.15, 0.2) is 0 Å². The fraction of sp³-hybridized carbons (Fsp3) is 0.167. The summed E-state index contributed by atoms with van der Waals surface area (Å²) in [4.78, 5) is 12.4. The molecule has 1 atom stereocenters. The largest absolute Gasteiger partial charge is 0.481 e. The highest BCUT2D eigenvalue weighted by molar-refractivity contribution is 8.00. The molecule has 4 heteroatoms. The van der Waals surface area contributed by atoms with Crippen LogP contribution in [0.1, 0.15) is 17.7 Å². The van der Waals surface area contributed by atoms with E-state index < -0.39 is 11.2 Å². The van der Waals surface area contributed by atoms with E-state index in [0.717, 1.165) is 16.2 Å². The van der Waals surface area contributed by atoms with Crippen molar-refractivity contribution >= 4 is 17.7 Å². The molecule has 0 aliphatic heterocycles. The summed E-state index contributed by atoms with van der Waals surface area (Å²) >= 11 is 1.30. The SMILES string of the molecule is CC#CCOc1ccc(SC(C(=O)O)c2ccccc2)cc1. The molecule has 112 valence electrons. The average Bonchev–Trinajstić information content (AvgIpc) is 2.55. The lowest BCUT2D eigenvalue weighted by atomic mass is 10.1. The summed E-state index contributed by atoms with van der Waals surface area (Å²) in [6, 6.07) is 16.6. The first-order valence-electron chi connectivity index (χ1n) is 6.77. The van der Waals surface area contributed by atoms with Gasteiger partial charge < -0.3 is 9.84 Å². The molecule has 22 heavy (non-hydrogen) atoms. The molecular weight excluding hydrogens is 296 g/mol. The number of aliphatic carboxylic acids is 1. The van der Waals surface area contributed by atoms with Crippen LogP contribution in [0.25, 0.3) is 0 Å². The Morgan fingerprint density at radius 2 is 1.86 bits per heavy atom. The molecule has 0 aromatic heterocycles. The van der Waals surface area contributed by atoms with Gasteiger partial charge in [-0.15, -0.1) is 17.7 Å². The van der Waals surface area contributed by atoms with Gasteiger partial charge in [-0.25, -0.2) is 0 Å². The normalized spacial score (nSPS) is 11.1. The van der Waals surface area contributed by atoms with Crippen molar-refractivity contribution in [3.05, 3.63) is 60.2 Å². The number of carboxylic acids is 1. The Balaban J connectivity index is 2.07. The Morgan fingerprint density at radius 3 is 2.45 bits per heavy atom. The molecule has 0 aliphatic rings. The first kappa shape index (κ1) is 16.0. The van der Waals surface area contributed by atoms with E-state index >= 15 is 0 Å². The third-order valence-electron chi connectivity index (χ3n) is 2.89. The molecule has 2 aromatic carbocycles. The minimum absolute atomic E-state index is 0.352. The van der Waals surface area contributed by atoms with Crippen molar-refractivity contribution in [1.29, 1.82) is 0 Å². The van der Waals surface area contributed by atoms with Gasteiger partial charge in [-0.2, -0.15) is 0 Å². The van der Waals surface area contributed by atoms with Crippen LogP contribution < -0.4 is 4.74 Å². The van der Waals surface area contributed by atoms with Crippen LogP contribution in [-0.4, -0.2) is 17.7 Å². The van der Waals surface area contributed by atoms with Crippen LogP contribution >= 0.6 is 11.8 Å². The number of benzene rings is 2. The molecule has 0 saturated heterocycles. The molecule has 1 unspecified atom stereocenters. The number of hydrogen-bond donors (Lipinski definition) is 1. The maximum atomic E-state index is 11.5. The summed E-state index contributed by atoms with van der Waals surface area (Å²) in [5, 5.41) is 8.80. The number of carboxylic acid groups (broad SMARTS) is 1. The molecule has 0 amide bonds. The van der Waals surface area contributed by atoms with Crippen molar-refractivity contribution in [1.82, 2.24) is 0 Å². The van der Waals surface area contributed by atoms with Gasteiger partial charge >= 0.3 is 5.97 Å². The Hall–Kier alpha value is -2.38. The Morgan fingerprint density at radius 1 is 1.18 bits per heavy atom. The zero-order valence-corrected chi connectivity index (χ0v) is 13.0. The van der Waals surface area contributed by atoms with Gasteiger partial charge in [0, 0.05) is 4.90 Å². The summed E-state index contributed by atoms with van der Waals surface area (Å²) in [6.07, 6.45) is 0. The minimum Gasteiger partial charge on any atom is -0.481 e. The van der Waals surface area contributed by atoms with Crippen molar-refractivity contribution in [2.24, 2.45) is 0 Å². The Bertz CT molecular complexity index is 669. The van der Waals surface area contributed by atoms with E-state index in [-0.39, 0.29) is 0 Å². The average molecular weight is 312 g/mol. The highest BCUT2D eigenvalue weighted by Gasteiger charge is 2.20. The second-order valence-corrected chi connectivity index (χ2v) is 5.61. The molecule has 1 N–H and O–H groups in total. The summed E-state index contributed by atoms with van der Waals surface area (Å²) in [7, 11) is 0. The van der Waals surface area contributed by atoms with E-state index in [4.69, 9.17) is 4.74 Å². The highest BCUT2D eigenvalue weighted by Crippen LogP contribution is 2.36. The zero-order valence-electron chi connectivity index (χ0n) is 12.2. The molecule has 3 nitrogen and oxygen atoms in total. The Kier molecular flexibility index (Phi) is 5.93. The van der Waals surface area contributed by atoms with Gasteiger partial charge in [-0.05, 0) is 36.8 Å². The van der Waals surface area contributed by atoms with Crippen LogP contribution in [-0.2, 0) is 4.79 Å². The van der Waals surface area contributed by atoms with Gasteiger partial charge in [0.2, 0.25) is 0 Å². The third kappa shape index (κ3) is 4.57. The van der Waals surface area contributed by atoms with Crippen LogP contribution in [0.2, 0.25) is 0 Å². The summed E-state index contributed by atoms with van der Waals surface area (Å²) in [6.45, 7) is 2.11. The quantitative estimate of drug-likeness (QED) is 0.647. The lowest BCUT2D eigenvalue weighted by Crippen LogP contribution is -2.07. The van der Waals surface area contributed by atoms with Gasteiger partial charge in [0.25, 0.3) is 0 Å². The smallest absolute Gasteiger partial charge is 0.321 e. The molecule has 0 saturated carbocycles. The first-order chi connectivity index (χ1) is 10.7. The van der Waals surface area contributed by atoms with Gasteiger partial charge in [0.05, 0.1) is 0 Å². The maximum Gasteiger partial charge on any atom is 0.321 e. The maximum absolute atomic E-state index is 11.5. The van der Waals surface area contributed by atoms with Crippen LogP contribution in [0.5, 0.6) is 5.75 Å². The third-order valence-corrected chi connectivity index (χ3v) is 4.15. The topological polar surface area (TPSA) is 46.5 Å². The highest BCUT2D eigenvalue weighted by atomic mass is 32.2. The van der Waals surface area contributed by atoms with E-state index in [0.29, 0.717) is 6.61 Å². The van der Waals surface area contributed by atoms with E-state index in [1.54, 1.807) is 6.92 Å². The van der Waals surface area contributed by atoms with E-state index in [1.165, 1.54) is 11.8 Å². The lowest BCUT2D eigenvalue weighted by Gasteiger charge is -2.12. The van der Waals surface area contributed by atoms with Gasteiger partial charge in [-0.3, -0.25) is 4.79 Å². The standard InChI is InChI=1S/C18H16O3S/c1-2-3-13-21-15-9-11-16(12-10-15)22-17(18(19)20)14-7-5-4-6-8-14/h4-12,17H,13H2,1H3,(H,19,20). The fourth-order valence-corrected chi connectivity index (χ4v) is 2.79. The van der Waals surface area contributed by atoms with Crippen molar-refractivity contribution in [2.45, 2.75) is 17.1 Å². The van der Waals surface area contributed by atoms with Crippen molar-refractivity contribution in [2.75, 3.05) is 6.61 Å². The van der Waals surface area contributed by atoms with Gasteiger partial charge in [0.1, 0.15) is 17.6 Å².